The van der Waals surface area contributed by atoms with Crippen molar-refractivity contribution in [2.75, 3.05) is 12.5 Å². The van der Waals surface area contributed by atoms with Crippen molar-refractivity contribution in [3.05, 3.63) is 40.6 Å². The van der Waals surface area contributed by atoms with Crippen LogP contribution in [-0.4, -0.2) is 22.0 Å². The molecule has 0 bridgehead atoms. The van der Waals surface area contributed by atoms with Crippen LogP contribution in [0.25, 0.3) is 0 Å². The Hall–Kier alpha value is -2.39. The van der Waals surface area contributed by atoms with E-state index in [1.807, 2.05) is 0 Å². The van der Waals surface area contributed by atoms with Gasteiger partial charge < -0.3 is 4.74 Å². The number of ether oxygens (including phenoxy) is 1. The van der Waals surface area contributed by atoms with Crippen molar-refractivity contribution in [1.82, 2.24) is 9.97 Å². The molecular formula is C11H11N5O3S. The number of hydrazine groups is 1. The number of hydrogen-bond donors (Lipinski definition) is 2. The molecule has 2 aromatic rings. The number of aromatic nitrogens is 2. The Kier molecular flexibility index (Phi) is 4.33. The Morgan fingerprint density at radius 2 is 2.30 bits per heavy atom. The van der Waals surface area contributed by atoms with Crippen molar-refractivity contribution in [3.8, 4) is 5.75 Å². The van der Waals surface area contributed by atoms with Gasteiger partial charge in [0.15, 0.2) is 5.03 Å². The van der Waals surface area contributed by atoms with E-state index < -0.39 is 4.92 Å². The molecule has 9 heteroatoms. The third-order valence-electron chi connectivity index (χ3n) is 2.32. The number of benzene rings is 1. The first-order valence-corrected chi connectivity index (χ1v) is 6.25. The van der Waals surface area contributed by atoms with Gasteiger partial charge in [-0.1, -0.05) is 17.8 Å². The SMILES string of the molecule is COc1cccc(Sc2nc(NN)ncc2[N+](=O)[O-])c1. The molecule has 0 aliphatic rings. The predicted molar refractivity (Wildman–Crippen MR) is 73.6 cm³/mol. The van der Waals surface area contributed by atoms with Crippen LogP contribution in [-0.2, 0) is 0 Å². The molecular weight excluding hydrogens is 282 g/mol. The molecule has 1 heterocycles. The maximum atomic E-state index is 11.0. The van der Waals surface area contributed by atoms with Crippen molar-refractivity contribution in [3.63, 3.8) is 0 Å². The second-order valence-corrected chi connectivity index (χ2v) is 4.63. The molecule has 104 valence electrons. The van der Waals surface area contributed by atoms with Crippen molar-refractivity contribution in [2.45, 2.75) is 9.92 Å². The smallest absolute Gasteiger partial charge is 0.320 e. The quantitative estimate of drug-likeness (QED) is 0.371. The third kappa shape index (κ3) is 3.13. The van der Waals surface area contributed by atoms with E-state index in [0.29, 0.717) is 5.75 Å². The van der Waals surface area contributed by atoms with Crippen molar-refractivity contribution < 1.29 is 9.66 Å². The fraction of sp³-hybridized carbons (Fsp3) is 0.0909. The molecule has 1 aromatic carbocycles. The normalized spacial score (nSPS) is 10.1. The van der Waals surface area contributed by atoms with Crippen molar-refractivity contribution in [2.24, 2.45) is 5.84 Å². The molecule has 0 aliphatic heterocycles. The summed E-state index contributed by atoms with van der Waals surface area (Å²) in [5.41, 5.74) is 2.08. The molecule has 8 nitrogen and oxygen atoms in total. The monoisotopic (exact) mass is 293 g/mol. The number of nitrogen functional groups attached to an aromatic ring is 1. The number of nitrogens with zero attached hydrogens (tertiary/aromatic N) is 3. The van der Waals surface area contributed by atoms with Gasteiger partial charge in [0.1, 0.15) is 11.9 Å². The van der Waals surface area contributed by atoms with Gasteiger partial charge in [0, 0.05) is 4.90 Å². The Morgan fingerprint density at radius 3 is 2.95 bits per heavy atom. The molecule has 0 spiro atoms. The summed E-state index contributed by atoms with van der Waals surface area (Å²) in [6.45, 7) is 0. The van der Waals surface area contributed by atoms with Gasteiger partial charge in [-0.3, -0.25) is 15.5 Å². The van der Waals surface area contributed by atoms with E-state index in [4.69, 9.17) is 10.6 Å². The standard InChI is InChI=1S/C11H11N5O3S/c1-19-7-3-2-4-8(5-7)20-10-9(16(17)18)6-13-11(14-10)15-12/h2-6H,12H2,1H3,(H,13,14,15). The average Bonchev–Trinajstić information content (AvgIpc) is 2.47. The van der Waals surface area contributed by atoms with E-state index >= 15 is 0 Å². The van der Waals surface area contributed by atoms with Gasteiger partial charge in [0.05, 0.1) is 12.0 Å². The molecule has 0 amide bonds. The summed E-state index contributed by atoms with van der Waals surface area (Å²) in [7, 11) is 1.55. The van der Waals surface area contributed by atoms with Gasteiger partial charge >= 0.3 is 5.69 Å². The minimum Gasteiger partial charge on any atom is -0.497 e. The highest BCUT2D eigenvalue weighted by atomic mass is 32.2. The molecule has 0 radical (unpaired) electrons. The fourth-order valence-electron chi connectivity index (χ4n) is 1.41. The lowest BCUT2D eigenvalue weighted by atomic mass is 10.3. The second kappa shape index (κ2) is 6.17. The molecule has 0 atom stereocenters. The molecule has 0 saturated carbocycles. The van der Waals surface area contributed by atoms with E-state index in [9.17, 15) is 10.1 Å². The summed E-state index contributed by atoms with van der Waals surface area (Å²) in [6, 6.07) is 7.13. The molecule has 2 rings (SSSR count). The molecule has 0 saturated heterocycles. The van der Waals surface area contributed by atoms with E-state index in [-0.39, 0.29) is 16.7 Å². The summed E-state index contributed by atoms with van der Waals surface area (Å²) in [6.07, 6.45) is 1.12. The highest BCUT2D eigenvalue weighted by Gasteiger charge is 2.18. The summed E-state index contributed by atoms with van der Waals surface area (Å²) < 4.78 is 5.10. The van der Waals surface area contributed by atoms with Gasteiger partial charge in [-0.2, -0.15) is 4.98 Å². The fourth-order valence-corrected chi connectivity index (χ4v) is 2.31. The molecule has 0 fully saturated rings. The van der Waals surface area contributed by atoms with Crippen molar-refractivity contribution >= 4 is 23.4 Å². The highest BCUT2D eigenvalue weighted by molar-refractivity contribution is 7.99. The van der Waals surface area contributed by atoms with Gasteiger partial charge in [-0.15, -0.1) is 0 Å². The Balaban J connectivity index is 2.37. The van der Waals surface area contributed by atoms with Crippen LogP contribution in [0.2, 0.25) is 0 Å². The predicted octanol–water partition coefficient (Wildman–Crippen LogP) is 1.83. The number of nitrogens with two attached hydrogens (primary N) is 1. The van der Waals surface area contributed by atoms with Crippen LogP contribution in [0.1, 0.15) is 0 Å². The van der Waals surface area contributed by atoms with Crippen LogP contribution in [0.15, 0.2) is 40.4 Å². The van der Waals surface area contributed by atoms with E-state index in [2.05, 4.69) is 15.4 Å². The largest absolute Gasteiger partial charge is 0.497 e. The van der Waals surface area contributed by atoms with Gasteiger partial charge in [-0.05, 0) is 18.2 Å². The number of methoxy groups -OCH3 is 1. The first-order valence-electron chi connectivity index (χ1n) is 5.44. The first-order chi connectivity index (χ1) is 9.63. The summed E-state index contributed by atoms with van der Waals surface area (Å²) >= 11 is 1.13. The average molecular weight is 293 g/mol. The van der Waals surface area contributed by atoms with Crippen LogP contribution in [0.5, 0.6) is 5.75 Å². The van der Waals surface area contributed by atoms with Crippen LogP contribution in [0.4, 0.5) is 11.6 Å². The summed E-state index contributed by atoms with van der Waals surface area (Å²) in [5, 5.41) is 11.2. The zero-order chi connectivity index (χ0) is 14.5. The van der Waals surface area contributed by atoms with Crippen LogP contribution in [0.3, 0.4) is 0 Å². The number of rotatable bonds is 5. The number of hydrogen-bond acceptors (Lipinski definition) is 8. The first kappa shape index (κ1) is 14.0. The van der Waals surface area contributed by atoms with Crippen LogP contribution >= 0.6 is 11.8 Å². The van der Waals surface area contributed by atoms with Gasteiger partial charge in [0.25, 0.3) is 0 Å². The molecule has 20 heavy (non-hydrogen) atoms. The highest BCUT2D eigenvalue weighted by Crippen LogP contribution is 2.34. The van der Waals surface area contributed by atoms with Gasteiger partial charge in [0.2, 0.25) is 5.95 Å². The Labute approximate surface area is 118 Å². The van der Waals surface area contributed by atoms with Crippen LogP contribution in [0, 0.1) is 10.1 Å². The Morgan fingerprint density at radius 1 is 1.50 bits per heavy atom. The topological polar surface area (TPSA) is 116 Å². The lowest BCUT2D eigenvalue weighted by Gasteiger charge is -2.05. The van der Waals surface area contributed by atoms with E-state index in [0.717, 1.165) is 22.9 Å². The molecule has 1 aromatic heterocycles. The minimum absolute atomic E-state index is 0.112. The zero-order valence-corrected chi connectivity index (χ0v) is 11.3. The lowest BCUT2D eigenvalue weighted by molar-refractivity contribution is -0.388. The Bertz CT molecular complexity index is 637. The van der Waals surface area contributed by atoms with E-state index in [1.165, 1.54) is 0 Å². The lowest BCUT2D eigenvalue weighted by Crippen LogP contribution is -2.11. The number of nitro groups is 1. The molecule has 3 N–H and O–H groups in total. The molecule has 0 aliphatic carbocycles. The second-order valence-electron chi connectivity index (χ2n) is 3.57. The zero-order valence-electron chi connectivity index (χ0n) is 10.4. The van der Waals surface area contributed by atoms with Crippen molar-refractivity contribution in [1.29, 1.82) is 0 Å². The summed E-state index contributed by atoms with van der Waals surface area (Å²) in [5.74, 6) is 5.98. The number of nitrogens with one attached hydrogen (secondary N) is 1. The molecule has 0 unspecified atom stereocenters. The number of anilines is 1. The minimum atomic E-state index is -0.539. The third-order valence-corrected chi connectivity index (χ3v) is 3.30. The van der Waals surface area contributed by atoms with Gasteiger partial charge in [-0.25, -0.2) is 10.8 Å². The van der Waals surface area contributed by atoms with E-state index in [1.54, 1.807) is 31.4 Å². The maximum absolute atomic E-state index is 11.0. The summed E-state index contributed by atoms with van der Waals surface area (Å²) in [4.78, 5) is 18.9. The maximum Gasteiger partial charge on any atom is 0.320 e. The van der Waals surface area contributed by atoms with Crippen LogP contribution < -0.4 is 16.0 Å².